The van der Waals surface area contributed by atoms with Gasteiger partial charge in [0, 0.05) is 32.6 Å². The van der Waals surface area contributed by atoms with Crippen LogP contribution in [0.3, 0.4) is 0 Å². The molecule has 0 aliphatic carbocycles. The third-order valence-electron chi connectivity index (χ3n) is 9.92. The van der Waals surface area contributed by atoms with Crippen molar-refractivity contribution in [3.63, 3.8) is 0 Å². The highest BCUT2D eigenvalue weighted by Crippen LogP contribution is 2.42. The molecule has 0 fully saturated rings. The maximum Gasteiger partial charge on any atom is 0.0547 e. The Labute approximate surface area is 278 Å². The van der Waals surface area contributed by atoms with Crippen LogP contribution in [0.2, 0.25) is 0 Å². The summed E-state index contributed by atoms with van der Waals surface area (Å²) in [5, 5.41) is 7.54. The van der Waals surface area contributed by atoms with Gasteiger partial charge < -0.3 is 9.13 Å². The zero-order valence-electron chi connectivity index (χ0n) is 26.2. The molecule has 0 saturated carbocycles. The van der Waals surface area contributed by atoms with Gasteiger partial charge in [-0.3, -0.25) is 0 Å². The van der Waals surface area contributed by atoms with Crippen LogP contribution in [0, 0.1) is 0 Å². The summed E-state index contributed by atoms with van der Waals surface area (Å²) in [6.07, 6.45) is 0. The van der Waals surface area contributed by atoms with Gasteiger partial charge in [0.05, 0.1) is 27.8 Å². The van der Waals surface area contributed by atoms with Crippen LogP contribution in [0.25, 0.3) is 88.0 Å². The van der Waals surface area contributed by atoms with Crippen molar-refractivity contribution in [2.75, 3.05) is 0 Å². The van der Waals surface area contributed by atoms with E-state index in [1.807, 2.05) is 0 Å². The van der Waals surface area contributed by atoms with Crippen LogP contribution in [0.1, 0.15) is 0 Å². The minimum absolute atomic E-state index is 1.16. The Balaban J connectivity index is 1.22. The van der Waals surface area contributed by atoms with Crippen LogP contribution < -0.4 is 0 Å². The molecule has 0 aliphatic heterocycles. The summed E-state index contributed by atoms with van der Waals surface area (Å²) in [6.45, 7) is 0. The number of para-hydroxylation sites is 2. The SMILES string of the molecule is c1ccc(-c2ccc(-n3c4ccccc4c4ccc(-c5cccc6c5c5ccccc5n6-c5cccc6ccccc56)cc43)cc2)cc1. The summed E-state index contributed by atoms with van der Waals surface area (Å²) in [7, 11) is 0. The lowest BCUT2D eigenvalue weighted by molar-refractivity contribution is 1.18. The van der Waals surface area contributed by atoms with Gasteiger partial charge >= 0.3 is 0 Å². The van der Waals surface area contributed by atoms with Crippen LogP contribution in [0.5, 0.6) is 0 Å². The molecule has 2 heteroatoms. The van der Waals surface area contributed by atoms with Crippen LogP contribution in [-0.4, -0.2) is 9.13 Å². The molecular formula is C46H30N2. The average Bonchev–Trinajstić information content (AvgIpc) is 3.68. The zero-order valence-corrected chi connectivity index (χ0v) is 26.2. The fourth-order valence-electron chi connectivity index (χ4n) is 7.77. The fourth-order valence-corrected chi connectivity index (χ4v) is 7.77. The molecule has 8 aromatic carbocycles. The summed E-state index contributed by atoms with van der Waals surface area (Å²) in [5.74, 6) is 0. The van der Waals surface area contributed by atoms with Gasteiger partial charge in [-0.2, -0.15) is 0 Å². The fraction of sp³-hybridized carbons (Fsp3) is 0. The zero-order chi connectivity index (χ0) is 31.6. The van der Waals surface area contributed by atoms with E-state index in [1.54, 1.807) is 0 Å². The first-order valence-electron chi connectivity index (χ1n) is 16.5. The summed E-state index contributed by atoms with van der Waals surface area (Å²) in [5.41, 5.74) is 12.1. The number of hydrogen-bond acceptors (Lipinski definition) is 0. The summed E-state index contributed by atoms with van der Waals surface area (Å²) in [4.78, 5) is 0. The number of hydrogen-bond donors (Lipinski definition) is 0. The van der Waals surface area contributed by atoms with Crippen molar-refractivity contribution in [1.82, 2.24) is 9.13 Å². The molecule has 2 nitrogen and oxygen atoms in total. The van der Waals surface area contributed by atoms with Gasteiger partial charge in [0.25, 0.3) is 0 Å². The molecule has 0 N–H and O–H groups in total. The standard InChI is InChI=1S/C46H30N2/c1-2-12-31(13-3-1)32-24-27-35(28-25-32)47-42-20-8-6-17-38(42)39-29-26-34(30-45(39)47)37-19-11-23-44-46(37)40-18-7-9-21-43(40)48(44)41-22-10-15-33-14-4-5-16-36(33)41/h1-30H. The largest absolute Gasteiger partial charge is 0.309 e. The number of nitrogens with zero attached hydrogens (tertiary/aromatic N) is 2. The smallest absolute Gasteiger partial charge is 0.0547 e. The Morgan fingerprint density at radius 2 is 0.896 bits per heavy atom. The van der Waals surface area contributed by atoms with E-state index < -0.39 is 0 Å². The maximum absolute atomic E-state index is 2.44. The molecule has 0 amide bonds. The van der Waals surface area contributed by atoms with Crippen molar-refractivity contribution in [2.45, 2.75) is 0 Å². The van der Waals surface area contributed by atoms with Gasteiger partial charge in [0.1, 0.15) is 0 Å². The Bertz CT molecular complexity index is 2810. The van der Waals surface area contributed by atoms with Crippen LogP contribution in [-0.2, 0) is 0 Å². The highest BCUT2D eigenvalue weighted by atomic mass is 15.0. The van der Waals surface area contributed by atoms with Gasteiger partial charge in [0.15, 0.2) is 0 Å². The lowest BCUT2D eigenvalue weighted by atomic mass is 9.98. The molecule has 0 aliphatic rings. The second-order valence-electron chi connectivity index (χ2n) is 12.5. The number of benzene rings is 8. The minimum Gasteiger partial charge on any atom is -0.309 e. The molecule has 0 saturated heterocycles. The molecule has 0 radical (unpaired) electrons. The summed E-state index contributed by atoms with van der Waals surface area (Å²) < 4.78 is 4.86. The van der Waals surface area contributed by atoms with Crippen molar-refractivity contribution in [3.05, 3.63) is 182 Å². The predicted molar refractivity (Wildman–Crippen MR) is 203 cm³/mol. The molecular weight excluding hydrogens is 581 g/mol. The van der Waals surface area contributed by atoms with E-state index in [2.05, 4.69) is 191 Å². The summed E-state index contributed by atoms with van der Waals surface area (Å²) in [6, 6.07) is 66.2. The minimum atomic E-state index is 1.16. The van der Waals surface area contributed by atoms with Crippen molar-refractivity contribution in [1.29, 1.82) is 0 Å². The molecule has 0 bridgehead atoms. The summed E-state index contributed by atoms with van der Waals surface area (Å²) >= 11 is 0. The van der Waals surface area contributed by atoms with E-state index >= 15 is 0 Å². The lowest BCUT2D eigenvalue weighted by Gasteiger charge is -2.12. The molecule has 48 heavy (non-hydrogen) atoms. The topological polar surface area (TPSA) is 9.86 Å². The number of fused-ring (bicyclic) bond motifs is 7. The predicted octanol–water partition coefficient (Wildman–Crippen LogP) is 12.4. The molecule has 2 heterocycles. The molecule has 10 rings (SSSR count). The van der Waals surface area contributed by atoms with Crippen LogP contribution >= 0.6 is 0 Å². The van der Waals surface area contributed by atoms with Crippen molar-refractivity contribution in [2.24, 2.45) is 0 Å². The van der Waals surface area contributed by atoms with Gasteiger partial charge in [-0.25, -0.2) is 0 Å². The van der Waals surface area contributed by atoms with E-state index in [0.717, 1.165) is 5.69 Å². The van der Waals surface area contributed by atoms with Crippen LogP contribution in [0.15, 0.2) is 182 Å². The molecule has 2 aromatic heterocycles. The number of rotatable bonds is 4. The lowest BCUT2D eigenvalue weighted by Crippen LogP contribution is -1.95. The van der Waals surface area contributed by atoms with Gasteiger partial charge in [-0.05, 0) is 70.1 Å². The normalized spacial score (nSPS) is 11.8. The van der Waals surface area contributed by atoms with E-state index in [-0.39, 0.29) is 0 Å². The molecule has 0 spiro atoms. The first-order chi connectivity index (χ1) is 23.8. The highest BCUT2D eigenvalue weighted by Gasteiger charge is 2.19. The van der Waals surface area contributed by atoms with E-state index in [4.69, 9.17) is 0 Å². The molecule has 0 atom stereocenters. The van der Waals surface area contributed by atoms with Gasteiger partial charge in [0.2, 0.25) is 0 Å². The third kappa shape index (κ3) is 4.00. The highest BCUT2D eigenvalue weighted by molar-refractivity contribution is 6.17. The average molecular weight is 611 g/mol. The Morgan fingerprint density at radius 3 is 1.73 bits per heavy atom. The van der Waals surface area contributed by atoms with Gasteiger partial charge in [-0.15, -0.1) is 0 Å². The molecule has 224 valence electrons. The second-order valence-corrected chi connectivity index (χ2v) is 12.5. The first-order valence-corrected chi connectivity index (χ1v) is 16.5. The maximum atomic E-state index is 2.44. The first kappa shape index (κ1) is 26.8. The monoisotopic (exact) mass is 610 g/mol. The van der Waals surface area contributed by atoms with Crippen molar-refractivity contribution < 1.29 is 0 Å². The van der Waals surface area contributed by atoms with E-state index in [9.17, 15) is 0 Å². The van der Waals surface area contributed by atoms with Crippen molar-refractivity contribution in [3.8, 4) is 33.6 Å². The Hall–Kier alpha value is -6.38. The Kier molecular flexibility index (Phi) is 5.91. The van der Waals surface area contributed by atoms with E-state index in [0.29, 0.717) is 0 Å². The van der Waals surface area contributed by atoms with E-state index in [1.165, 1.54) is 82.3 Å². The quantitative estimate of drug-likeness (QED) is 0.188. The van der Waals surface area contributed by atoms with Crippen LogP contribution in [0.4, 0.5) is 0 Å². The molecule has 10 aromatic rings. The number of aromatic nitrogens is 2. The second kappa shape index (κ2) is 10.6. The Morgan fingerprint density at radius 1 is 0.312 bits per heavy atom. The molecule has 0 unspecified atom stereocenters. The van der Waals surface area contributed by atoms with Crippen molar-refractivity contribution >= 4 is 54.4 Å². The van der Waals surface area contributed by atoms with Gasteiger partial charge in [-0.1, -0.05) is 140 Å². The third-order valence-corrected chi connectivity index (χ3v) is 9.92.